The van der Waals surface area contributed by atoms with Gasteiger partial charge in [-0.15, -0.1) is 0 Å². The quantitative estimate of drug-likeness (QED) is 0.779. The van der Waals surface area contributed by atoms with Crippen LogP contribution in [0.15, 0.2) is 17.0 Å². The second kappa shape index (κ2) is 7.40. The fourth-order valence-electron chi connectivity index (χ4n) is 3.31. The highest BCUT2D eigenvalue weighted by Crippen LogP contribution is 2.39. The van der Waals surface area contributed by atoms with Crippen LogP contribution < -0.4 is 0 Å². The highest BCUT2D eigenvalue weighted by Gasteiger charge is 2.50. The van der Waals surface area contributed by atoms with Gasteiger partial charge in [-0.3, -0.25) is 4.79 Å². The number of aliphatic carboxylic acids is 1. The number of aryl methyl sites for hydroxylation is 1. The van der Waals surface area contributed by atoms with Crippen LogP contribution in [0.5, 0.6) is 0 Å². The van der Waals surface area contributed by atoms with Gasteiger partial charge >= 0.3 is 5.97 Å². The van der Waals surface area contributed by atoms with Crippen molar-refractivity contribution in [3.05, 3.63) is 27.7 Å². The smallest absolute Gasteiger partial charge is 0.312 e. The number of carboxylic acids is 1. The molecule has 1 aromatic carbocycles. The van der Waals surface area contributed by atoms with Crippen LogP contribution in [0.2, 0.25) is 10.0 Å². The minimum Gasteiger partial charge on any atom is -0.481 e. The third kappa shape index (κ3) is 3.66. The van der Waals surface area contributed by atoms with Crippen LogP contribution in [0, 0.1) is 12.3 Å². The molecule has 0 radical (unpaired) electrons. The average Bonchev–Trinajstić information content (AvgIpc) is 2.52. The van der Waals surface area contributed by atoms with Crippen LogP contribution in [0.25, 0.3) is 0 Å². The summed E-state index contributed by atoms with van der Waals surface area (Å²) in [4.78, 5) is 11.7. The fourth-order valence-corrected chi connectivity index (χ4v) is 5.43. The summed E-state index contributed by atoms with van der Waals surface area (Å²) in [5.41, 5.74) is -0.875. The Hall–Kier alpha value is -0.860. The number of aliphatic hydroxyl groups is 1. The molecule has 0 amide bonds. The predicted molar refractivity (Wildman–Crippen MR) is 95.6 cm³/mol. The number of β-amino-alcohol motifs (C(OH)–C–C–N with tert-alkyl or cyclic N) is 1. The Bertz CT molecular complexity index is 783. The molecule has 0 bridgehead atoms. The normalized spacial score (nSPS) is 25.1. The topological polar surface area (TPSA) is 94.9 Å². The Morgan fingerprint density at radius 2 is 1.96 bits per heavy atom. The summed E-state index contributed by atoms with van der Waals surface area (Å²) in [6.07, 6.45) is -0.348. The van der Waals surface area contributed by atoms with Gasteiger partial charge < -0.3 is 10.2 Å². The number of halogens is 2. The first-order valence-electron chi connectivity index (χ1n) is 7.93. The first-order chi connectivity index (χ1) is 11.6. The molecule has 0 saturated carbocycles. The van der Waals surface area contributed by atoms with Crippen LogP contribution >= 0.6 is 23.2 Å². The Morgan fingerprint density at radius 1 is 1.36 bits per heavy atom. The first-order valence-corrected chi connectivity index (χ1v) is 10.1. The van der Waals surface area contributed by atoms with Crippen molar-refractivity contribution in [2.75, 3.05) is 13.1 Å². The van der Waals surface area contributed by atoms with Crippen molar-refractivity contribution < 1.29 is 23.4 Å². The zero-order valence-electron chi connectivity index (χ0n) is 14.0. The summed E-state index contributed by atoms with van der Waals surface area (Å²) >= 11 is 11.9. The van der Waals surface area contributed by atoms with Crippen molar-refractivity contribution in [3.8, 4) is 0 Å². The number of sulfonamides is 1. The van der Waals surface area contributed by atoms with Gasteiger partial charge in [-0.2, -0.15) is 4.31 Å². The van der Waals surface area contributed by atoms with Crippen LogP contribution in [0.1, 0.15) is 31.7 Å². The molecule has 2 rings (SSSR count). The van der Waals surface area contributed by atoms with E-state index < -0.39 is 27.5 Å². The van der Waals surface area contributed by atoms with E-state index in [0.29, 0.717) is 18.4 Å². The molecule has 1 fully saturated rings. The van der Waals surface area contributed by atoms with Crippen molar-refractivity contribution in [3.63, 3.8) is 0 Å². The van der Waals surface area contributed by atoms with Gasteiger partial charge in [0.15, 0.2) is 0 Å². The van der Waals surface area contributed by atoms with Gasteiger partial charge in [0.25, 0.3) is 0 Å². The van der Waals surface area contributed by atoms with E-state index in [-0.39, 0.29) is 34.5 Å². The summed E-state index contributed by atoms with van der Waals surface area (Å²) in [7, 11) is -3.92. The maximum Gasteiger partial charge on any atom is 0.312 e. The zero-order chi connectivity index (χ0) is 19.0. The maximum atomic E-state index is 12.9. The molecule has 0 aromatic heterocycles. The van der Waals surface area contributed by atoms with E-state index in [9.17, 15) is 23.4 Å². The van der Waals surface area contributed by atoms with E-state index in [2.05, 4.69) is 0 Å². The van der Waals surface area contributed by atoms with Crippen molar-refractivity contribution in [1.29, 1.82) is 0 Å². The van der Waals surface area contributed by atoms with Crippen molar-refractivity contribution >= 4 is 39.2 Å². The molecule has 1 aromatic rings. The van der Waals surface area contributed by atoms with Crippen LogP contribution in [0.4, 0.5) is 0 Å². The average molecular weight is 410 g/mol. The number of carboxylic acid groups (broad SMARTS) is 1. The maximum absolute atomic E-state index is 12.9. The Morgan fingerprint density at radius 3 is 2.48 bits per heavy atom. The number of rotatable bonds is 5. The number of aliphatic hydroxyl groups excluding tert-OH is 1. The fraction of sp³-hybridized carbons (Fsp3) is 0.562. The van der Waals surface area contributed by atoms with Gasteiger partial charge in [0.05, 0.1) is 26.5 Å². The molecule has 1 aliphatic heterocycles. The number of hydrogen-bond donors (Lipinski definition) is 2. The molecule has 9 heteroatoms. The molecule has 1 saturated heterocycles. The molecule has 0 unspecified atom stereocenters. The van der Waals surface area contributed by atoms with Gasteiger partial charge in [0, 0.05) is 13.1 Å². The van der Waals surface area contributed by atoms with Crippen LogP contribution in [-0.2, 0) is 14.8 Å². The van der Waals surface area contributed by atoms with E-state index in [1.54, 1.807) is 6.92 Å². The second-order valence-electron chi connectivity index (χ2n) is 6.37. The van der Waals surface area contributed by atoms with Gasteiger partial charge in [0.2, 0.25) is 10.0 Å². The van der Waals surface area contributed by atoms with Crippen molar-refractivity contribution in [1.82, 2.24) is 4.31 Å². The number of piperidine rings is 1. The molecule has 1 aliphatic rings. The molecule has 25 heavy (non-hydrogen) atoms. The second-order valence-corrected chi connectivity index (χ2v) is 9.09. The number of nitrogens with zero attached hydrogens (tertiary/aromatic N) is 1. The lowest BCUT2D eigenvalue weighted by Crippen LogP contribution is -2.55. The van der Waals surface area contributed by atoms with Crippen molar-refractivity contribution in [2.45, 2.75) is 44.1 Å². The Balaban J connectivity index is 2.35. The first kappa shape index (κ1) is 20.5. The number of benzene rings is 1. The highest BCUT2D eigenvalue weighted by atomic mass is 35.5. The van der Waals surface area contributed by atoms with E-state index in [0.717, 1.165) is 4.31 Å². The molecule has 1 heterocycles. The van der Waals surface area contributed by atoms with E-state index >= 15 is 0 Å². The summed E-state index contributed by atoms with van der Waals surface area (Å²) in [5, 5.41) is 20.4. The molecule has 2 atom stereocenters. The largest absolute Gasteiger partial charge is 0.481 e. The van der Waals surface area contributed by atoms with Crippen molar-refractivity contribution in [2.24, 2.45) is 5.41 Å². The SMILES string of the molecule is CCC[C@]1(C(=O)O)CCN(S(=O)(=O)c2cc(Cl)c(Cl)cc2C)C[C@@H]1O. The van der Waals surface area contributed by atoms with E-state index in [1.807, 2.05) is 6.92 Å². The van der Waals surface area contributed by atoms with Crippen LogP contribution in [0.3, 0.4) is 0 Å². The summed E-state index contributed by atoms with van der Waals surface area (Å²) < 4.78 is 27.0. The van der Waals surface area contributed by atoms with Gasteiger partial charge in [-0.05, 0) is 37.5 Å². The van der Waals surface area contributed by atoms with E-state index in [1.165, 1.54) is 12.1 Å². The van der Waals surface area contributed by atoms with E-state index in [4.69, 9.17) is 23.2 Å². The standard InChI is InChI=1S/C16H21Cl2NO5S/c1-3-4-16(15(21)22)5-6-19(9-14(16)20)25(23,24)13-8-12(18)11(17)7-10(13)2/h7-8,14,20H,3-6,9H2,1-2H3,(H,21,22)/t14-,16-/m0/s1. The molecule has 2 N–H and O–H groups in total. The lowest BCUT2D eigenvalue weighted by atomic mass is 9.73. The monoisotopic (exact) mass is 409 g/mol. The minimum atomic E-state index is -3.92. The van der Waals surface area contributed by atoms with Crippen LogP contribution in [-0.4, -0.2) is 48.1 Å². The third-order valence-corrected chi connectivity index (χ3v) is 7.51. The summed E-state index contributed by atoms with van der Waals surface area (Å²) in [5.74, 6) is -1.09. The Labute approximate surface area is 157 Å². The number of carbonyl (C=O) groups is 1. The zero-order valence-corrected chi connectivity index (χ0v) is 16.3. The number of hydrogen-bond acceptors (Lipinski definition) is 4. The summed E-state index contributed by atoms with van der Waals surface area (Å²) in [6.45, 7) is 3.19. The third-order valence-electron chi connectivity index (χ3n) is 4.78. The van der Waals surface area contributed by atoms with Gasteiger partial charge in [-0.25, -0.2) is 8.42 Å². The molecular formula is C16H21Cl2NO5S. The highest BCUT2D eigenvalue weighted by molar-refractivity contribution is 7.89. The molecule has 0 spiro atoms. The van der Waals surface area contributed by atoms with Gasteiger partial charge in [-0.1, -0.05) is 36.5 Å². The lowest BCUT2D eigenvalue weighted by molar-refractivity contribution is -0.162. The minimum absolute atomic E-state index is 0.00687. The summed E-state index contributed by atoms with van der Waals surface area (Å²) in [6, 6.07) is 2.75. The molecular weight excluding hydrogens is 389 g/mol. The predicted octanol–water partition coefficient (Wildman–Crippen LogP) is 2.93. The van der Waals surface area contributed by atoms with Gasteiger partial charge in [0.1, 0.15) is 0 Å². The lowest BCUT2D eigenvalue weighted by Gasteiger charge is -2.42. The molecule has 0 aliphatic carbocycles. The molecule has 140 valence electrons. The Kier molecular flexibility index (Phi) is 6.06. The molecule has 6 nitrogen and oxygen atoms in total.